The first-order valence-corrected chi connectivity index (χ1v) is 8.69. The Bertz CT molecular complexity index is 931. The van der Waals surface area contributed by atoms with Gasteiger partial charge >= 0.3 is 0 Å². The van der Waals surface area contributed by atoms with E-state index in [1.807, 2.05) is 87.4 Å². The maximum absolute atomic E-state index is 12.5. The monoisotopic (exact) mass is 361 g/mol. The van der Waals surface area contributed by atoms with Crippen molar-refractivity contribution >= 4 is 28.9 Å². The molecule has 6 nitrogen and oxygen atoms in total. The fourth-order valence-electron chi connectivity index (χ4n) is 2.70. The molecule has 1 aromatic heterocycles. The molecule has 27 heavy (non-hydrogen) atoms. The average Bonchev–Trinajstić information content (AvgIpc) is 2.61. The summed E-state index contributed by atoms with van der Waals surface area (Å²) in [5.41, 5.74) is 4.96. The summed E-state index contributed by atoms with van der Waals surface area (Å²) >= 11 is 0. The molecule has 3 rings (SSSR count). The molecule has 0 unspecified atom stereocenters. The average molecular weight is 361 g/mol. The summed E-state index contributed by atoms with van der Waals surface area (Å²) in [6.07, 6.45) is 0. The van der Waals surface area contributed by atoms with Crippen LogP contribution < -0.4 is 15.5 Å². The fourth-order valence-corrected chi connectivity index (χ4v) is 2.70. The molecule has 138 valence electrons. The lowest BCUT2D eigenvalue weighted by Gasteiger charge is -2.13. The normalized spacial score (nSPS) is 10.4. The number of amides is 1. The Morgan fingerprint density at radius 3 is 2.15 bits per heavy atom. The number of nitrogens with one attached hydrogen (secondary N) is 2. The van der Waals surface area contributed by atoms with E-state index in [-0.39, 0.29) is 5.91 Å². The van der Waals surface area contributed by atoms with Gasteiger partial charge in [-0.15, -0.1) is 0 Å². The molecule has 2 N–H and O–H groups in total. The zero-order valence-corrected chi connectivity index (χ0v) is 15.9. The van der Waals surface area contributed by atoms with Crippen molar-refractivity contribution in [3.05, 3.63) is 71.5 Å². The summed E-state index contributed by atoms with van der Waals surface area (Å²) in [4.78, 5) is 23.2. The zero-order valence-electron chi connectivity index (χ0n) is 15.9. The van der Waals surface area contributed by atoms with Gasteiger partial charge in [-0.1, -0.05) is 6.07 Å². The lowest BCUT2D eigenvalue weighted by Crippen LogP contribution is -2.13. The molecule has 0 saturated carbocycles. The molecule has 0 aliphatic carbocycles. The van der Waals surface area contributed by atoms with Crippen LogP contribution in [0, 0.1) is 13.8 Å². The van der Waals surface area contributed by atoms with Crippen LogP contribution in [0.4, 0.5) is 23.0 Å². The van der Waals surface area contributed by atoms with Crippen molar-refractivity contribution in [1.29, 1.82) is 0 Å². The van der Waals surface area contributed by atoms with Crippen molar-refractivity contribution in [1.82, 2.24) is 9.97 Å². The zero-order chi connectivity index (χ0) is 19.4. The Hall–Kier alpha value is -3.41. The van der Waals surface area contributed by atoms with Crippen LogP contribution in [0.3, 0.4) is 0 Å². The second kappa shape index (κ2) is 7.86. The number of nitrogens with zero attached hydrogens (tertiary/aromatic N) is 3. The van der Waals surface area contributed by atoms with Crippen molar-refractivity contribution in [2.24, 2.45) is 0 Å². The number of aromatic nitrogens is 2. The van der Waals surface area contributed by atoms with Crippen molar-refractivity contribution in [2.45, 2.75) is 13.8 Å². The van der Waals surface area contributed by atoms with Gasteiger partial charge in [0.25, 0.3) is 5.91 Å². The van der Waals surface area contributed by atoms with E-state index in [2.05, 4.69) is 20.6 Å². The lowest BCUT2D eigenvalue weighted by molar-refractivity contribution is 0.102. The van der Waals surface area contributed by atoms with Crippen LogP contribution in [-0.4, -0.2) is 30.0 Å². The Morgan fingerprint density at radius 1 is 0.889 bits per heavy atom. The quantitative estimate of drug-likeness (QED) is 0.714. The first-order valence-electron chi connectivity index (χ1n) is 8.69. The number of hydrogen-bond donors (Lipinski definition) is 2. The topological polar surface area (TPSA) is 70.2 Å². The summed E-state index contributed by atoms with van der Waals surface area (Å²) in [5.74, 6) is 0.385. The molecule has 0 aliphatic rings. The molecule has 0 radical (unpaired) electrons. The van der Waals surface area contributed by atoms with E-state index in [1.54, 1.807) is 0 Å². The van der Waals surface area contributed by atoms with Gasteiger partial charge < -0.3 is 15.5 Å². The molecule has 2 aromatic carbocycles. The smallest absolute Gasteiger partial charge is 0.255 e. The Labute approximate surface area is 159 Å². The van der Waals surface area contributed by atoms with E-state index in [0.29, 0.717) is 17.2 Å². The highest BCUT2D eigenvalue weighted by Gasteiger charge is 2.08. The van der Waals surface area contributed by atoms with Gasteiger partial charge in [-0.25, -0.2) is 9.97 Å². The highest BCUT2D eigenvalue weighted by atomic mass is 16.1. The van der Waals surface area contributed by atoms with Crippen LogP contribution in [0.2, 0.25) is 0 Å². The standard InChI is InChI=1S/C21H23N5O/c1-14-12-15(2)23-21(22-14)25-18-7-5-6-17(13-18)24-20(27)16-8-10-19(11-9-16)26(3)4/h5-13H,1-4H3,(H,24,27)(H,22,23,25). The minimum absolute atomic E-state index is 0.153. The third-order valence-corrected chi connectivity index (χ3v) is 4.00. The number of carbonyl (C=O) groups is 1. The van der Waals surface area contributed by atoms with Crippen LogP contribution in [0.25, 0.3) is 0 Å². The van der Waals surface area contributed by atoms with Gasteiger partial charge in [-0.2, -0.15) is 0 Å². The second-order valence-corrected chi connectivity index (χ2v) is 6.58. The highest BCUT2D eigenvalue weighted by molar-refractivity contribution is 6.04. The number of benzene rings is 2. The SMILES string of the molecule is Cc1cc(C)nc(Nc2cccc(NC(=O)c3ccc(N(C)C)cc3)c2)n1. The molecule has 0 fully saturated rings. The van der Waals surface area contributed by atoms with E-state index in [4.69, 9.17) is 0 Å². The largest absolute Gasteiger partial charge is 0.378 e. The maximum atomic E-state index is 12.5. The summed E-state index contributed by atoms with van der Waals surface area (Å²) in [5, 5.41) is 6.10. The first-order chi connectivity index (χ1) is 12.9. The van der Waals surface area contributed by atoms with Crippen molar-refractivity contribution < 1.29 is 4.79 Å². The van der Waals surface area contributed by atoms with Crippen molar-refractivity contribution in [3.63, 3.8) is 0 Å². The van der Waals surface area contributed by atoms with Gasteiger partial charge in [0, 0.05) is 48.1 Å². The number of anilines is 4. The third-order valence-electron chi connectivity index (χ3n) is 4.00. The van der Waals surface area contributed by atoms with Crippen LogP contribution in [0.15, 0.2) is 54.6 Å². The molecule has 3 aromatic rings. The van der Waals surface area contributed by atoms with Crippen LogP contribution in [0.1, 0.15) is 21.7 Å². The van der Waals surface area contributed by atoms with Gasteiger partial charge in [-0.3, -0.25) is 4.79 Å². The molecular formula is C21H23N5O. The fraction of sp³-hybridized carbons (Fsp3) is 0.190. The minimum Gasteiger partial charge on any atom is -0.378 e. The van der Waals surface area contributed by atoms with Gasteiger partial charge in [-0.05, 0) is 62.4 Å². The number of hydrogen-bond acceptors (Lipinski definition) is 5. The number of carbonyl (C=O) groups excluding carboxylic acids is 1. The van der Waals surface area contributed by atoms with Crippen LogP contribution in [-0.2, 0) is 0 Å². The number of aryl methyl sites for hydroxylation is 2. The predicted octanol–water partition coefficient (Wildman–Crippen LogP) is 4.16. The highest BCUT2D eigenvalue weighted by Crippen LogP contribution is 2.20. The van der Waals surface area contributed by atoms with Crippen LogP contribution >= 0.6 is 0 Å². The van der Waals surface area contributed by atoms with E-state index in [1.165, 1.54) is 0 Å². The molecular weight excluding hydrogens is 338 g/mol. The van der Waals surface area contributed by atoms with Gasteiger partial charge in [0.1, 0.15) is 0 Å². The van der Waals surface area contributed by atoms with Gasteiger partial charge in [0.2, 0.25) is 5.95 Å². The van der Waals surface area contributed by atoms with Gasteiger partial charge in [0.05, 0.1) is 0 Å². The summed E-state index contributed by atoms with van der Waals surface area (Å²) < 4.78 is 0. The molecule has 1 heterocycles. The molecule has 6 heteroatoms. The van der Waals surface area contributed by atoms with Crippen LogP contribution in [0.5, 0.6) is 0 Å². The minimum atomic E-state index is -0.153. The summed E-state index contributed by atoms with van der Waals surface area (Å²) in [6.45, 7) is 3.86. The Balaban J connectivity index is 1.72. The Kier molecular flexibility index (Phi) is 5.35. The predicted molar refractivity (Wildman–Crippen MR) is 110 cm³/mol. The lowest BCUT2D eigenvalue weighted by atomic mass is 10.2. The van der Waals surface area contributed by atoms with E-state index < -0.39 is 0 Å². The summed E-state index contributed by atoms with van der Waals surface area (Å²) in [6, 6.07) is 16.9. The third kappa shape index (κ3) is 4.82. The van der Waals surface area contributed by atoms with Crippen molar-refractivity contribution in [3.8, 4) is 0 Å². The maximum Gasteiger partial charge on any atom is 0.255 e. The molecule has 0 spiro atoms. The van der Waals surface area contributed by atoms with Crippen molar-refractivity contribution in [2.75, 3.05) is 29.6 Å². The summed E-state index contributed by atoms with van der Waals surface area (Å²) in [7, 11) is 3.93. The molecule has 0 saturated heterocycles. The van der Waals surface area contributed by atoms with E-state index in [9.17, 15) is 4.79 Å². The molecule has 0 aliphatic heterocycles. The second-order valence-electron chi connectivity index (χ2n) is 6.58. The van der Waals surface area contributed by atoms with E-state index in [0.717, 1.165) is 22.8 Å². The molecule has 0 bridgehead atoms. The molecule has 1 amide bonds. The Morgan fingerprint density at radius 2 is 1.52 bits per heavy atom. The number of rotatable bonds is 5. The first kappa shape index (κ1) is 18.4. The van der Waals surface area contributed by atoms with Gasteiger partial charge in [0.15, 0.2) is 0 Å². The van der Waals surface area contributed by atoms with E-state index >= 15 is 0 Å². The molecule has 0 atom stereocenters.